The Kier molecular flexibility index (Phi) is 9.08. The maximum atomic E-state index is 13.5. The van der Waals surface area contributed by atoms with Gasteiger partial charge in [-0.15, -0.1) is 0 Å². The highest BCUT2D eigenvalue weighted by Gasteiger charge is 2.20. The lowest BCUT2D eigenvalue weighted by Crippen LogP contribution is -2.40. The van der Waals surface area contributed by atoms with Gasteiger partial charge in [-0.2, -0.15) is 0 Å². The van der Waals surface area contributed by atoms with E-state index in [-0.39, 0.29) is 36.4 Å². The van der Waals surface area contributed by atoms with Gasteiger partial charge in [0.1, 0.15) is 23.9 Å². The first-order chi connectivity index (χ1) is 17.3. The average Bonchev–Trinajstić information content (AvgIpc) is 2.87. The molecule has 3 rings (SSSR count). The normalized spacial score (nSPS) is 11.7. The summed E-state index contributed by atoms with van der Waals surface area (Å²) in [6.07, 6.45) is 0.525. The zero-order chi connectivity index (χ0) is 26.2. The summed E-state index contributed by atoms with van der Waals surface area (Å²) < 4.78 is 28.1. The van der Waals surface area contributed by atoms with Crippen molar-refractivity contribution in [3.63, 3.8) is 0 Å². The highest BCUT2D eigenvalue weighted by atomic mass is 19.1. The van der Waals surface area contributed by atoms with Crippen LogP contribution in [0.2, 0.25) is 0 Å². The van der Waals surface area contributed by atoms with Crippen LogP contribution in [0.5, 0.6) is 0 Å². The molecule has 36 heavy (non-hydrogen) atoms. The van der Waals surface area contributed by atoms with Crippen LogP contribution < -0.4 is 16.2 Å². The molecule has 1 unspecified atom stereocenters. The SMILES string of the molecule is CCC(NC)C(=O)Nc1ccc(-c2ccc(F)cc2)n(CC(=O)N(CC)Cc2ccc(F)cc2)c1=O. The second kappa shape index (κ2) is 12.2. The van der Waals surface area contributed by atoms with Crippen molar-refractivity contribution >= 4 is 17.5 Å². The topological polar surface area (TPSA) is 83.4 Å². The minimum atomic E-state index is -0.553. The summed E-state index contributed by atoms with van der Waals surface area (Å²) in [7, 11) is 1.66. The van der Waals surface area contributed by atoms with Gasteiger partial charge >= 0.3 is 0 Å². The maximum absolute atomic E-state index is 13.5. The highest BCUT2D eigenvalue weighted by Crippen LogP contribution is 2.21. The summed E-state index contributed by atoms with van der Waals surface area (Å²) in [6, 6.07) is 14.1. The number of anilines is 1. The molecule has 0 radical (unpaired) electrons. The molecule has 0 bridgehead atoms. The molecule has 0 aliphatic heterocycles. The molecule has 1 aromatic heterocycles. The zero-order valence-corrected chi connectivity index (χ0v) is 20.6. The molecule has 7 nitrogen and oxygen atoms in total. The number of amides is 2. The van der Waals surface area contributed by atoms with Gasteiger partial charge in [0.2, 0.25) is 11.8 Å². The fraction of sp³-hybridized carbons (Fsp3) is 0.296. The molecule has 9 heteroatoms. The van der Waals surface area contributed by atoms with Crippen LogP contribution in [0.25, 0.3) is 11.3 Å². The minimum absolute atomic E-state index is 0.0361. The van der Waals surface area contributed by atoms with Crippen LogP contribution in [-0.2, 0) is 22.7 Å². The average molecular weight is 497 g/mol. The molecular weight excluding hydrogens is 466 g/mol. The predicted octanol–water partition coefficient (Wildman–Crippen LogP) is 3.78. The van der Waals surface area contributed by atoms with Crippen molar-refractivity contribution < 1.29 is 18.4 Å². The molecule has 2 aromatic carbocycles. The van der Waals surface area contributed by atoms with Gasteiger partial charge < -0.3 is 15.5 Å². The number of benzene rings is 2. The number of nitrogens with zero attached hydrogens (tertiary/aromatic N) is 2. The Morgan fingerprint density at radius 2 is 1.56 bits per heavy atom. The minimum Gasteiger partial charge on any atom is -0.337 e. The Balaban J connectivity index is 1.97. The van der Waals surface area contributed by atoms with E-state index in [1.54, 1.807) is 30.1 Å². The van der Waals surface area contributed by atoms with E-state index >= 15 is 0 Å². The van der Waals surface area contributed by atoms with E-state index in [1.165, 1.54) is 47.0 Å². The van der Waals surface area contributed by atoms with Crippen LogP contribution in [0.1, 0.15) is 25.8 Å². The van der Waals surface area contributed by atoms with Gasteiger partial charge in [0.25, 0.3) is 5.56 Å². The molecule has 0 saturated carbocycles. The Hall–Kier alpha value is -3.85. The van der Waals surface area contributed by atoms with Gasteiger partial charge in [-0.3, -0.25) is 19.0 Å². The van der Waals surface area contributed by atoms with E-state index in [0.29, 0.717) is 24.2 Å². The lowest BCUT2D eigenvalue weighted by Gasteiger charge is -2.23. The Morgan fingerprint density at radius 3 is 2.11 bits per heavy atom. The summed E-state index contributed by atoms with van der Waals surface area (Å²) in [5, 5.41) is 5.54. The van der Waals surface area contributed by atoms with Crippen LogP contribution >= 0.6 is 0 Å². The fourth-order valence-electron chi connectivity index (χ4n) is 3.87. The largest absolute Gasteiger partial charge is 0.337 e. The fourth-order valence-corrected chi connectivity index (χ4v) is 3.87. The molecular formula is C27H30F2N4O3. The number of aromatic nitrogens is 1. The molecule has 0 fully saturated rings. The van der Waals surface area contributed by atoms with Crippen molar-refractivity contribution in [2.45, 2.75) is 39.4 Å². The van der Waals surface area contributed by atoms with Crippen molar-refractivity contribution in [1.82, 2.24) is 14.8 Å². The van der Waals surface area contributed by atoms with Crippen molar-refractivity contribution in [1.29, 1.82) is 0 Å². The number of halogens is 2. The number of carbonyl (C=O) groups is 2. The predicted molar refractivity (Wildman–Crippen MR) is 135 cm³/mol. The van der Waals surface area contributed by atoms with Crippen LogP contribution in [-0.4, -0.2) is 40.9 Å². The smallest absolute Gasteiger partial charge is 0.275 e. The van der Waals surface area contributed by atoms with Crippen LogP contribution in [0, 0.1) is 11.6 Å². The first-order valence-electron chi connectivity index (χ1n) is 11.8. The molecule has 0 spiro atoms. The zero-order valence-electron chi connectivity index (χ0n) is 20.6. The number of carbonyl (C=O) groups excluding carboxylic acids is 2. The monoisotopic (exact) mass is 496 g/mol. The van der Waals surface area contributed by atoms with Crippen molar-refractivity contribution in [3.05, 3.63) is 88.2 Å². The van der Waals surface area contributed by atoms with E-state index in [1.807, 2.05) is 13.8 Å². The lowest BCUT2D eigenvalue weighted by atomic mass is 10.1. The first kappa shape index (κ1) is 26.7. The molecule has 190 valence electrons. The standard InChI is InChI=1S/C27H30F2N4O3/c1-4-22(30-3)26(35)31-23-14-15-24(19-8-12-21(29)13-9-19)33(27(23)36)17-25(34)32(5-2)16-18-6-10-20(28)11-7-18/h6-15,22,30H,4-5,16-17H2,1-3H3,(H,31,35). The van der Waals surface area contributed by atoms with Gasteiger partial charge in [0.15, 0.2) is 0 Å². The van der Waals surface area contributed by atoms with E-state index in [0.717, 1.165) is 5.56 Å². The van der Waals surface area contributed by atoms with Gasteiger partial charge in [0, 0.05) is 13.1 Å². The summed E-state index contributed by atoms with van der Waals surface area (Å²) in [4.78, 5) is 40.8. The second-order valence-corrected chi connectivity index (χ2v) is 8.30. The van der Waals surface area contributed by atoms with E-state index in [2.05, 4.69) is 10.6 Å². The van der Waals surface area contributed by atoms with E-state index in [4.69, 9.17) is 0 Å². The number of pyridine rings is 1. The third kappa shape index (κ3) is 6.42. The molecule has 2 N–H and O–H groups in total. The summed E-state index contributed by atoms with van der Waals surface area (Å²) in [5.41, 5.74) is 1.18. The second-order valence-electron chi connectivity index (χ2n) is 8.30. The van der Waals surface area contributed by atoms with Crippen LogP contribution in [0.15, 0.2) is 65.5 Å². The molecule has 1 heterocycles. The van der Waals surface area contributed by atoms with Crippen LogP contribution in [0.3, 0.4) is 0 Å². The molecule has 1 atom stereocenters. The van der Waals surface area contributed by atoms with Gasteiger partial charge in [-0.1, -0.05) is 19.1 Å². The number of rotatable bonds is 10. The third-order valence-corrected chi connectivity index (χ3v) is 5.96. The molecule has 3 aromatic rings. The Bertz CT molecular complexity index is 1250. The first-order valence-corrected chi connectivity index (χ1v) is 11.8. The van der Waals surface area contributed by atoms with Crippen molar-refractivity contribution in [3.8, 4) is 11.3 Å². The highest BCUT2D eigenvalue weighted by molar-refractivity contribution is 5.94. The van der Waals surface area contributed by atoms with Gasteiger partial charge in [-0.25, -0.2) is 8.78 Å². The lowest BCUT2D eigenvalue weighted by molar-refractivity contribution is -0.132. The van der Waals surface area contributed by atoms with Gasteiger partial charge in [0.05, 0.1) is 11.7 Å². The molecule has 0 saturated heterocycles. The number of hydrogen-bond donors (Lipinski definition) is 2. The van der Waals surface area contributed by atoms with E-state index in [9.17, 15) is 23.2 Å². The number of hydrogen-bond acceptors (Lipinski definition) is 4. The quantitative estimate of drug-likeness (QED) is 0.448. The van der Waals surface area contributed by atoms with Gasteiger partial charge in [-0.05, 0) is 80.1 Å². The molecule has 2 amide bonds. The maximum Gasteiger partial charge on any atom is 0.275 e. The van der Waals surface area contributed by atoms with Crippen molar-refractivity contribution in [2.24, 2.45) is 0 Å². The summed E-state index contributed by atoms with van der Waals surface area (Å²) in [6.45, 7) is 3.97. The molecule has 0 aliphatic rings. The Labute approximate surface area is 208 Å². The number of nitrogens with one attached hydrogen (secondary N) is 2. The summed E-state index contributed by atoms with van der Waals surface area (Å²) >= 11 is 0. The molecule has 0 aliphatic carbocycles. The van der Waals surface area contributed by atoms with E-state index < -0.39 is 17.4 Å². The Morgan fingerprint density at radius 1 is 0.944 bits per heavy atom. The summed E-state index contributed by atoms with van der Waals surface area (Å²) in [5.74, 6) is -1.50. The van der Waals surface area contributed by atoms with Crippen LogP contribution in [0.4, 0.5) is 14.5 Å². The number of likely N-dealkylation sites (N-methyl/N-ethyl adjacent to an activating group) is 2. The van der Waals surface area contributed by atoms with Crippen molar-refractivity contribution in [2.75, 3.05) is 18.9 Å². The third-order valence-electron chi connectivity index (χ3n) is 5.96.